The van der Waals surface area contributed by atoms with E-state index >= 15 is 0 Å². The van der Waals surface area contributed by atoms with E-state index in [9.17, 15) is 4.79 Å². The van der Waals surface area contributed by atoms with Crippen LogP contribution in [0.3, 0.4) is 0 Å². The molecule has 102 valence electrons. The molecule has 0 bridgehead atoms. The molecule has 1 aromatic carbocycles. The zero-order valence-corrected chi connectivity index (χ0v) is 11.7. The van der Waals surface area contributed by atoms with E-state index in [0.717, 1.165) is 11.3 Å². The largest absolute Gasteiger partial charge is 0.373 e. The molecule has 3 rings (SSSR count). The van der Waals surface area contributed by atoms with E-state index in [0.29, 0.717) is 6.42 Å². The topological polar surface area (TPSA) is 66.9 Å². The average Bonchev–Trinajstić information content (AvgIpc) is 2.81. The fourth-order valence-corrected chi connectivity index (χ4v) is 2.53. The summed E-state index contributed by atoms with van der Waals surface area (Å²) in [5.41, 5.74) is 2.10. The van der Waals surface area contributed by atoms with Crippen molar-refractivity contribution in [2.75, 3.05) is 10.6 Å². The summed E-state index contributed by atoms with van der Waals surface area (Å²) >= 11 is 11.5. The van der Waals surface area contributed by atoms with E-state index in [1.54, 1.807) is 0 Å². The minimum Gasteiger partial charge on any atom is -0.373 e. The Labute approximate surface area is 125 Å². The molecule has 7 heteroatoms. The highest BCUT2D eigenvalue weighted by Gasteiger charge is 2.26. The predicted molar refractivity (Wildman–Crippen MR) is 78.2 cm³/mol. The van der Waals surface area contributed by atoms with Crippen LogP contribution in [0.2, 0.25) is 10.4 Å². The van der Waals surface area contributed by atoms with Gasteiger partial charge in [0.2, 0.25) is 11.2 Å². The number of rotatable bonds is 2. The van der Waals surface area contributed by atoms with Gasteiger partial charge in [0.1, 0.15) is 17.0 Å². The summed E-state index contributed by atoms with van der Waals surface area (Å²) in [6, 6.07) is 8.93. The van der Waals surface area contributed by atoms with Crippen LogP contribution >= 0.6 is 23.2 Å². The van der Waals surface area contributed by atoms with Gasteiger partial charge in [0.25, 0.3) is 0 Å². The number of amides is 1. The van der Waals surface area contributed by atoms with Crippen molar-refractivity contribution in [2.24, 2.45) is 0 Å². The Kier molecular flexibility index (Phi) is 3.46. The number of para-hydroxylation sites is 1. The van der Waals surface area contributed by atoms with Crippen molar-refractivity contribution in [3.63, 3.8) is 0 Å². The Balaban J connectivity index is 1.72. The SMILES string of the molecule is O=C(Nc1cc(Cl)nc(Cl)n1)[C@@H]1Cc2ccccc2N1. The Bertz CT molecular complexity index is 632. The third kappa shape index (κ3) is 2.69. The lowest BCUT2D eigenvalue weighted by atomic mass is 10.1. The van der Waals surface area contributed by atoms with Crippen LogP contribution in [0.15, 0.2) is 30.3 Å². The number of carbonyl (C=O) groups is 1. The second-order valence-electron chi connectivity index (χ2n) is 4.39. The number of anilines is 2. The predicted octanol–water partition coefficient (Wildman–Crippen LogP) is 2.76. The van der Waals surface area contributed by atoms with Crippen molar-refractivity contribution in [2.45, 2.75) is 12.5 Å². The summed E-state index contributed by atoms with van der Waals surface area (Å²) in [4.78, 5) is 19.8. The molecule has 0 fully saturated rings. The van der Waals surface area contributed by atoms with Crippen LogP contribution in [0.1, 0.15) is 5.56 Å². The van der Waals surface area contributed by atoms with Crippen LogP contribution in [0.5, 0.6) is 0 Å². The number of hydrogen-bond acceptors (Lipinski definition) is 4. The molecule has 0 spiro atoms. The van der Waals surface area contributed by atoms with Crippen molar-refractivity contribution < 1.29 is 4.79 Å². The van der Waals surface area contributed by atoms with Crippen LogP contribution in [0.25, 0.3) is 0 Å². The van der Waals surface area contributed by atoms with Gasteiger partial charge in [0.05, 0.1) is 0 Å². The molecule has 0 aliphatic carbocycles. The summed E-state index contributed by atoms with van der Waals surface area (Å²) in [6.45, 7) is 0. The summed E-state index contributed by atoms with van der Waals surface area (Å²) < 4.78 is 0. The quantitative estimate of drug-likeness (QED) is 0.661. The zero-order valence-electron chi connectivity index (χ0n) is 10.2. The lowest BCUT2D eigenvalue weighted by Crippen LogP contribution is -2.33. The number of nitrogens with zero attached hydrogens (tertiary/aromatic N) is 2. The molecule has 5 nitrogen and oxygen atoms in total. The highest BCUT2D eigenvalue weighted by atomic mass is 35.5. The maximum absolute atomic E-state index is 12.2. The van der Waals surface area contributed by atoms with Crippen molar-refractivity contribution in [1.82, 2.24) is 9.97 Å². The maximum Gasteiger partial charge on any atom is 0.248 e. The van der Waals surface area contributed by atoms with Crippen LogP contribution in [0.4, 0.5) is 11.5 Å². The van der Waals surface area contributed by atoms with Crippen molar-refractivity contribution in [1.29, 1.82) is 0 Å². The molecule has 1 aromatic heterocycles. The summed E-state index contributed by atoms with van der Waals surface area (Å²) in [7, 11) is 0. The first-order valence-corrected chi connectivity index (χ1v) is 6.73. The van der Waals surface area contributed by atoms with Crippen molar-refractivity contribution >= 4 is 40.6 Å². The van der Waals surface area contributed by atoms with E-state index in [1.807, 2.05) is 24.3 Å². The van der Waals surface area contributed by atoms with Gasteiger partial charge in [0, 0.05) is 18.2 Å². The van der Waals surface area contributed by atoms with Gasteiger partial charge >= 0.3 is 0 Å². The second-order valence-corrected chi connectivity index (χ2v) is 5.12. The lowest BCUT2D eigenvalue weighted by Gasteiger charge is -2.11. The molecule has 2 aromatic rings. The Hall–Kier alpha value is -1.85. The number of hydrogen-bond donors (Lipinski definition) is 2. The van der Waals surface area contributed by atoms with Crippen LogP contribution < -0.4 is 10.6 Å². The molecule has 0 saturated heterocycles. The van der Waals surface area contributed by atoms with E-state index in [1.165, 1.54) is 6.07 Å². The second kappa shape index (κ2) is 5.26. The standard InChI is InChI=1S/C13H10Cl2N4O/c14-10-6-11(19-13(15)17-10)18-12(20)9-5-7-3-1-2-4-8(7)16-9/h1-4,6,9,16H,5H2,(H,17,18,19,20)/t9-/m0/s1. The number of carbonyl (C=O) groups excluding carboxylic acids is 1. The summed E-state index contributed by atoms with van der Waals surface area (Å²) in [6.07, 6.45) is 0.633. The first-order valence-electron chi connectivity index (χ1n) is 5.97. The van der Waals surface area contributed by atoms with Crippen molar-refractivity contribution in [3.8, 4) is 0 Å². The van der Waals surface area contributed by atoms with Gasteiger partial charge in [-0.15, -0.1) is 0 Å². The first-order chi connectivity index (χ1) is 9.61. The lowest BCUT2D eigenvalue weighted by molar-refractivity contribution is -0.116. The number of aromatic nitrogens is 2. The molecule has 2 heterocycles. The molecule has 1 atom stereocenters. The van der Waals surface area contributed by atoms with Gasteiger partial charge in [-0.1, -0.05) is 29.8 Å². The minimum absolute atomic E-state index is 0.00420. The minimum atomic E-state index is -0.333. The van der Waals surface area contributed by atoms with Gasteiger partial charge in [-0.2, -0.15) is 0 Å². The highest BCUT2D eigenvalue weighted by molar-refractivity contribution is 6.32. The maximum atomic E-state index is 12.2. The molecule has 0 radical (unpaired) electrons. The third-order valence-corrected chi connectivity index (χ3v) is 3.37. The Morgan fingerprint density at radius 2 is 2.10 bits per heavy atom. The van der Waals surface area contributed by atoms with Crippen molar-refractivity contribution in [3.05, 3.63) is 46.3 Å². The van der Waals surface area contributed by atoms with E-state index in [2.05, 4.69) is 20.6 Å². The molecule has 2 N–H and O–H groups in total. The molecule has 1 aliphatic rings. The van der Waals surface area contributed by atoms with E-state index < -0.39 is 0 Å². The number of nitrogens with one attached hydrogen (secondary N) is 2. The monoisotopic (exact) mass is 308 g/mol. The Morgan fingerprint density at radius 1 is 1.30 bits per heavy atom. The zero-order chi connectivity index (χ0) is 14.1. The van der Waals surface area contributed by atoms with E-state index in [4.69, 9.17) is 23.2 Å². The van der Waals surface area contributed by atoms with E-state index in [-0.39, 0.29) is 28.2 Å². The van der Waals surface area contributed by atoms with Crippen LogP contribution in [-0.4, -0.2) is 21.9 Å². The van der Waals surface area contributed by atoms with Gasteiger partial charge in [-0.05, 0) is 23.2 Å². The van der Waals surface area contributed by atoms with Gasteiger partial charge in [0.15, 0.2) is 0 Å². The molecule has 1 amide bonds. The van der Waals surface area contributed by atoms with Gasteiger partial charge < -0.3 is 10.6 Å². The molecule has 0 unspecified atom stereocenters. The fraction of sp³-hybridized carbons (Fsp3) is 0.154. The fourth-order valence-electron chi connectivity index (χ4n) is 2.12. The van der Waals surface area contributed by atoms with Gasteiger partial charge in [-0.3, -0.25) is 4.79 Å². The smallest absolute Gasteiger partial charge is 0.248 e. The summed E-state index contributed by atoms with van der Waals surface area (Å²) in [5, 5.41) is 6.02. The Morgan fingerprint density at radius 3 is 2.85 bits per heavy atom. The molecule has 0 saturated carbocycles. The van der Waals surface area contributed by atoms with Crippen LogP contribution in [0, 0.1) is 0 Å². The molecular formula is C13H10Cl2N4O. The third-order valence-electron chi connectivity index (χ3n) is 3.01. The first kappa shape index (κ1) is 13.1. The molecule has 20 heavy (non-hydrogen) atoms. The normalized spacial score (nSPS) is 16.4. The highest BCUT2D eigenvalue weighted by Crippen LogP contribution is 2.25. The molecule has 1 aliphatic heterocycles. The summed E-state index contributed by atoms with van der Waals surface area (Å²) in [5.74, 6) is 0.102. The number of fused-ring (bicyclic) bond motifs is 1. The average molecular weight is 309 g/mol. The molecular weight excluding hydrogens is 299 g/mol. The number of halogens is 2. The van der Waals surface area contributed by atoms with Crippen LogP contribution in [-0.2, 0) is 11.2 Å². The van der Waals surface area contributed by atoms with Gasteiger partial charge in [-0.25, -0.2) is 9.97 Å². The number of benzene rings is 1.